The molecule has 2 N–H and O–H groups in total. The average Bonchev–Trinajstić information content (AvgIpc) is 3.02. The van der Waals surface area contributed by atoms with Gasteiger partial charge in [0.05, 0.1) is 18.8 Å². The first-order chi connectivity index (χ1) is 11.1. The fourth-order valence-corrected chi connectivity index (χ4v) is 2.89. The molecule has 0 aromatic heterocycles. The molecule has 0 aliphatic carbocycles. The van der Waals surface area contributed by atoms with E-state index >= 15 is 0 Å². The number of ether oxygens (including phenoxy) is 1. The van der Waals surface area contributed by atoms with Gasteiger partial charge in [-0.15, -0.1) is 0 Å². The molecule has 0 bridgehead atoms. The number of unbranched alkanes of at least 4 members (excludes halogenated alkanes) is 1. The summed E-state index contributed by atoms with van der Waals surface area (Å²) in [6.07, 6.45) is 5.39. The maximum absolute atomic E-state index is 11.1. The van der Waals surface area contributed by atoms with Crippen LogP contribution in [0, 0.1) is 11.3 Å². The van der Waals surface area contributed by atoms with Gasteiger partial charge in [0.1, 0.15) is 6.23 Å². The summed E-state index contributed by atoms with van der Waals surface area (Å²) in [5.74, 6) is -0.307. The first-order valence-electron chi connectivity index (χ1n) is 7.35. The van der Waals surface area contributed by atoms with Crippen molar-refractivity contribution in [3.05, 3.63) is 12.3 Å². The van der Waals surface area contributed by atoms with Crippen molar-refractivity contribution in [1.82, 2.24) is 10.2 Å². The van der Waals surface area contributed by atoms with Gasteiger partial charge in [-0.05, 0) is 19.3 Å². The number of carbonyl (C=O) groups is 2. The molecule has 3 unspecified atom stereocenters. The predicted octanol–water partition coefficient (Wildman–Crippen LogP) is 0.834. The van der Waals surface area contributed by atoms with E-state index in [-0.39, 0.29) is 18.6 Å². The summed E-state index contributed by atoms with van der Waals surface area (Å²) < 4.78 is 11.0. The first-order valence-corrected chi connectivity index (χ1v) is 8.74. The summed E-state index contributed by atoms with van der Waals surface area (Å²) in [4.78, 5) is 33.2. The van der Waals surface area contributed by atoms with Crippen LogP contribution in [0.25, 0.3) is 0 Å². The number of hydrogen-bond donors (Lipinski definition) is 2. The van der Waals surface area contributed by atoms with E-state index in [0.717, 1.165) is 0 Å². The first kappa shape index (κ1) is 19.5. The maximum atomic E-state index is 11.1. The van der Waals surface area contributed by atoms with E-state index in [1.165, 1.54) is 24.2 Å². The summed E-state index contributed by atoms with van der Waals surface area (Å²) in [5.41, 5.74) is 0. The van der Waals surface area contributed by atoms with Gasteiger partial charge in [-0.2, -0.15) is 5.26 Å². The SMILES string of the molecule is CNC(=O)/C=C\N(C=O)C1CCC(COP(O)CCCC#N)O1. The van der Waals surface area contributed by atoms with Crippen LogP contribution >= 0.6 is 8.38 Å². The van der Waals surface area contributed by atoms with Gasteiger partial charge in [0.15, 0.2) is 8.38 Å². The number of amides is 2. The van der Waals surface area contributed by atoms with Gasteiger partial charge >= 0.3 is 0 Å². The quantitative estimate of drug-likeness (QED) is 0.263. The summed E-state index contributed by atoms with van der Waals surface area (Å²) in [6.45, 7) is 0.247. The lowest BCUT2D eigenvalue weighted by Crippen LogP contribution is -2.31. The molecular weight excluding hydrogens is 321 g/mol. The molecule has 0 saturated carbocycles. The van der Waals surface area contributed by atoms with E-state index < -0.39 is 14.6 Å². The molecule has 1 heterocycles. The largest absolute Gasteiger partial charge is 0.356 e. The highest BCUT2D eigenvalue weighted by molar-refractivity contribution is 7.46. The molecule has 128 valence electrons. The Morgan fingerprint density at radius 1 is 1.61 bits per heavy atom. The second-order valence-electron chi connectivity index (χ2n) is 4.91. The van der Waals surface area contributed by atoms with Crippen molar-refractivity contribution in [3.63, 3.8) is 0 Å². The zero-order valence-corrected chi connectivity index (χ0v) is 13.9. The Labute approximate surface area is 137 Å². The van der Waals surface area contributed by atoms with E-state index in [4.69, 9.17) is 14.5 Å². The molecule has 8 nitrogen and oxygen atoms in total. The Bertz CT molecular complexity index is 454. The highest BCUT2D eigenvalue weighted by Crippen LogP contribution is 2.34. The van der Waals surface area contributed by atoms with E-state index in [9.17, 15) is 14.5 Å². The summed E-state index contributed by atoms with van der Waals surface area (Å²) in [7, 11) is -0.0393. The number of hydrogen-bond acceptors (Lipinski definition) is 6. The molecule has 1 aliphatic heterocycles. The van der Waals surface area contributed by atoms with Gasteiger partial charge in [-0.3, -0.25) is 14.5 Å². The molecule has 0 aromatic rings. The Kier molecular flexibility index (Phi) is 9.41. The van der Waals surface area contributed by atoms with Crippen molar-refractivity contribution < 1.29 is 23.7 Å². The molecule has 1 aliphatic rings. The number of carbonyl (C=O) groups excluding carboxylic acids is 2. The second-order valence-corrected chi connectivity index (χ2v) is 6.32. The Morgan fingerprint density at radius 3 is 3.04 bits per heavy atom. The van der Waals surface area contributed by atoms with Crippen molar-refractivity contribution in [1.29, 1.82) is 5.26 Å². The van der Waals surface area contributed by atoms with E-state index in [0.29, 0.717) is 38.3 Å². The summed E-state index contributed by atoms with van der Waals surface area (Å²) in [6, 6.07) is 2.01. The third kappa shape index (κ3) is 7.53. The van der Waals surface area contributed by atoms with Crippen LogP contribution < -0.4 is 5.32 Å². The average molecular weight is 343 g/mol. The molecule has 1 saturated heterocycles. The highest BCUT2D eigenvalue weighted by Gasteiger charge is 2.29. The van der Waals surface area contributed by atoms with Crippen LogP contribution in [0.15, 0.2) is 12.3 Å². The molecule has 1 rings (SSSR count). The molecule has 3 atom stereocenters. The van der Waals surface area contributed by atoms with Crippen molar-refractivity contribution >= 4 is 20.7 Å². The normalized spacial score (nSPS) is 21.8. The standard InChI is InChI=1S/C14H22N3O5P/c1-16-13(19)6-8-17(11-18)14-5-4-12(22-14)10-21-23(20)9-3-2-7-15/h6,8,11-12,14,20H,2-5,9-10H2,1H3,(H,16,19)/b8-6-. The smallest absolute Gasteiger partial charge is 0.245 e. The lowest BCUT2D eigenvalue weighted by molar-refractivity contribution is -0.127. The Morgan fingerprint density at radius 2 is 2.39 bits per heavy atom. The molecule has 23 heavy (non-hydrogen) atoms. The third-order valence-corrected chi connectivity index (χ3v) is 4.38. The molecule has 0 spiro atoms. The van der Waals surface area contributed by atoms with Gasteiger partial charge in [-0.1, -0.05) is 0 Å². The Hall–Kier alpha value is -1.52. The Balaban J connectivity index is 2.33. The fourth-order valence-electron chi connectivity index (χ4n) is 1.99. The molecule has 9 heteroatoms. The molecule has 0 radical (unpaired) electrons. The van der Waals surface area contributed by atoms with E-state index in [1.807, 2.05) is 6.07 Å². The zero-order chi connectivity index (χ0) is 17.1. The number of likely N-dealkylation sites (N-methyl/N-ethyl adjacent to an activating group) is 1. The molecule has 1 fully saturated rings. The van der Waals surface area contributed by atoms with Crippen LogP contribution in [0.4, 0.5) is 0 Å². The van der Waals surface area contributed by atoms with Crippen molar-refractivity contribution in [2.75, 3.05) is 19.8 Å². The number of nitrogens with zero attached hydrogens (tertiary/aromatic N) is 2. The second kappa shape index (κ2) is 11.1. The minimum atomic E-state index is -1.54. The van der Waals surface area contributed by atoms with Crippen LogP contribution in [0.3, 0.4) is 0 Å². The van der Waals surface area contributed by atoms with Crippen molar-refractivity contribution in [2.45, 2.75) is 38.0 Å². The summed E-state index contributed by atoms with van der Waals surface area (Å²) in [5, 5.41) is 10.9. The summed E-state index contributed by atoms with van der Waals surface area (Å²) >= 11 is 0. The maximum Gasteiger partial charge on any atom is 0.245 e. The van der Waals surface area contributed by atoms with E-state index in [1.54, 1.807) is 0 Å². The van der Waals surface area contributed by atoms with Crippen LogP contribution in [0.2, 0.25) is 0 Å². The topological polar surface area (TPSA) is 112 Å². The van der Waals surface area contributed by atoms with Gasteiger partial charge in [0.25, 0.3) is 0 Å². The molecule has 0 aromatic carbocycles. The molecule has 2 amide bonds. The fraction of sp³-hybridized carbons (Fsp3) is 0.643. The number of nitrogens with one attached hydrogen (secondary N) is 1. The van der Waals surface area contributed by atoms with E-state index in [2.05, 4.69) is 5.32 Å². The lowest BCUT2D eigenvalue weighted by atomic mass is 10.2. The minimum Gasteiger partial charge on any atom is -0.356 e. The van der Waals surface area contributed by atoms with Gasteiger partial charge in [0.2, 0.25) is 12.3 Å². The van der Waals surface area contributed by atoms with Crippen LogP contribution in [0.5, 0.6) is 0 Å². The van der Waals surface area contributed by atoms with Crippen LogP contribution in [-0.4, -0.2) is 54.3 Å². The lowest BCUT2D eigenvalue weighted by Gasteiger charge is -2.21. The predicted molar refractivity (Wildman–Crippen MR) is 83.8 cm³/mol. The van der Waals surface area contributed by atoms with Gasteiger partial charge in [0, 0.05) is 31.9 Å². The minimum absolute atomic E-state index is 0.205. The third-order valence-electron chi connectivity index (χ3n) is 3.23. The van der Waals surface area contributed by atoms with Crippen molar-refractivity contribution in [3.8, 4) is 6.07 Å². The number of rotatable bonds is 10. The molecular formula is C14H22N3O5P. The number of nitriles is 1. The van der Waals surface area contributed by atoms with Crippen molar-refractivity contribution in [2.24, 2.45) is 0 Å². The van der Waals surface area contributed by atoms with Gasteiger partial charge in [-0.25, -0.2) is 0 Å². The van der Waals surface area contributed by atoms with Gasteiger partial charge < -0.3 is 19.5 Å². The highest BCUT2D eigenvalue weighted by atomic mass is 31.2. The van der Waals surface area contributed by atoms with Crippen LogP contribution in [-0.2, 0) is 18.8 Å². The van der Waals surface area contributed by atoms with Crippen LogP contribution in [0.1, 0.15) is 25.7 Å². The zero-order valence-electron chi connectivity index (χ0n) is 13.1. The monoisotopic (exact) mass is 343 g/mol.